The Labute approximate surface area is 175 Å². The number of para-hydroxylation sites is 2. The molecule has 1 aliphatic heterocycles. The number of amides is 2. The second-order valence-electron chi connectivity index (χ2n) is 7.11. The topological polar surface area (TPSA) is 54.0 Å². The third-order valence-electron chi connectivity index (χ3n) is 4.83. The number of hydrogen-bond acceptors (Lipinski definition) is 4. The zero-order chi connectivity index (χ0) is 21.5. The fraction of sp³-hybridized carbons (Fsp3) is 0.409. The quantitative estimate of drug-likeness (QED) is 0.744. The van der Waals surface area contributed by atoms with E-state index in [1.807, 2.05) is 31.2 Å². The molecule has 0 bridgehead atoms. The van der Waals surface area contributed by atoms with E-state index >= 15 is 0 Å². The van der Waals surface area contributed by atoms with Gasteiger partial charge in [-0.3, -0.25) is 0 Å². The summed E-state index contributed by atoms with van der Waals surface area (Å²) in [4.78, 5) is 16.5. The van der Waals surface area contributed by atoms with Crippen LogP contribution in [0.2, 0.25) is 0 Å². The van der Waals surface area contributed by atoms with Gasteiger partial charge in [0.15, 0.2) is 11.6 Å². The number of carbonyl (C=O) groups is 1. The van der Waals surface area contributed by atoms with E-state index in [1.165, 1.54) is 6.07 Å². The Hall–Kier alpha value is -3.03. The van der Waals surface area contributed by atoms with Gasteiger partial charge in [-0.2, -0.15) is 0 Å². The molecule has 1 N–H and O–H groups in total. The summed E-state index contributed by atoms with van der Waals surface area (Å²) < 4.78 is 37.6. The van der Waals surface area contributed by atoms with Gasteiger partial charge in [0.2, 0.25) is 0 Å². The number of benzene rings is 2. The van der Waals surface area contributed by atoms with Gasteiger partial charge in [-0.05, 0) is 38.1 Å². The van der Waals surface area contributed by atoms with E-state index in [0.29, 0.717) is 32.8 Å². The van der Waals surface area contributed by atoms with Crippen molar-refractivity contribution in [1.29, 1.82) is 0 Å². The minimum absolute atomic E-state index is 0.0425. The second-order valence-corrected chi connectivity index (χ2v) is 7.11. The highest BCUT2D eigenvalue weighted by Gasteiger charge is 2.24. The molecule has 1 fully saturated rings. The van der Waals surface area contributed by atoms with Gasteiger partial charge < -0.3 is 24.6 Å². The lowest BCUT2D eigenvalue weighted by molar-refractivity contribution is 0.183. The summed E-state index contributed by atoms with van der Waals surface area (Å²) in [6, 6.07) is 10.5. The van der Waals surface area contributed by atoms with E-state index in [2.05, 4.69) is 10.2 Å². The molecule has 1 heterocycles. The molecule has 30 heavy (non-hydrogen) atoms. The second kappa shape index (κ2) is 10.1. The number of nitrogens with zero attached hydrogens (tertiary/aromatic N) is 2. The van der Waals surface area contributed by atoms with E-state index in [1.54, 1.807) is 11.8 Å². The molecule has 0 spiro atoms. The Morgan fingerprint density at radius 1 is 1.07 bits per heavy atom. The normalized spacial score (nSPS) is 14.9. The monoisotopic (exact) mass is 419 g/mol. The van der Waals surface area contributed by atoms with Gasteiger partial charge in [-0.15, -0.1) is 0 Å². The smallest absolute Gasteiger partial charge is 0.317 e. The summed E-state index contributed by atoms with van der Waals surface area (Å²) in [5.74, 6) is -0.628. The van der Waals surface area contributed by atoms with Crippen LogP contribution in [-0.2, 0) is 0 Å². The molecule has 0 radical (unpaired) electrons. The highest BCUT2D eigenvalue weighted by molar-refractivity contribution is 5.75. The predicted octanol–water partition coefficient (Wildman–Crippen LogP) is 3.66. The van der Waals surface area contributed by atoms with Crippen molar-refractivity contribution in [2.45, 2.75) is 19.9 Å². The maximum atomic E-state index is 13.6. The van der Waals surface area contributed by atoms with Crippen LogP contribution in [0.5, 0.6) is 11.5 Å². The Kier molecular flexibility index (Phi) is 7.32. The van der Waals surface area contributed by atoms with Crippen molar-refractivity contribution in [1.82, 2.24) is 10.2 Å². The lowest BCUT2D eigenvalue weighted by atomic mass is 10.2. The third kappa shape index (κ3) is 5.52. The molecule has 0 saturated carbocycles. The van der Waals surface area contributed by atoms with E-state index in [-0.39, 0.29) is 24.4 Å². The number of halogens is 2. The van der Waals surface area contributed by atoms with Crippen molar-refractivity contribution in [2.24, 2.45) is 0 Å². The Morgan fingerprint density at radius 2 is 1.80 bits per heavy atom. The first kappa shape index (κ1) is 21.7. The van der Waals surface area contributed by atoms with Crippen LogP contribution in [-0.4, -0.2) is 56.4 Å². The first-order chi connectivity index (χ1) is 14.5. The fourth-order valence-corrected chi connectivity index (χ4v) is 3.30. The van der Waals surface area contributed by atoms with Gasteiger partial charge in [0, 0.05) is 32.2 Å². The van der Waals surface area contributed by atoms with Crippen molar-refractivity contribution in [3.05, 3.63) is 54.1 Å². The van der Waals surface area contributed by atoms with Crippen LogP contribution in [0.1, 0.15) is 13.8 Å². The molecule has 0 aliphatic carbocycles. The third-order valence-corrected chi connectivity index (χ3v) is 4.83. The number of urea groups is 1. The zero-order valence-electron chi connectivity index (χ0n) is 17.2. The molecule has 162 valence electrons. The van der Waals surface area contributed by atoms with Crippen LogP contribution in [0.3, 0.4) is 0 Å². The van der Waals surface area contributed by atoms with Gasteiger partial charge in [-0.1, -0.05) is 12.1 Å². The summed E-state index contributed by atoms with van der Waals surface area (Å²) in [6.07, 6.45) is 0. The van der Waals surface area contributed by atoms with E-state index in [0.717, 1.165) is 23.6 Å². The first-order valence-electron chi connectivity index (χ1n) is 10.1. The lowest BCUT2D eigenvalue weighted by Gasteiger charge is -2.37. The number of hydrogen-bond donors (Lipinski definition) is 1. The average molecular weight is 419 g/mol. The summed E-state index contributed by atoms with van der Waals surface area (Å²) >= 11 is 0. The highest BCUT2D eigenvalue weighted by atomic mass is 19.1. The summed E-state index contributed by atoms with van der Waals surface area (Å²) in [6.45, 7) is 6.95. The molecule has 1 aliphatic rings. The van der Waals surface area contributed by atoms with E-state index < -0.39 is 11.6 Å². The fourth-order valence-electron chi connectivity index (χ4n) is 3.30. The maximum absolute atomic E-state index is 13.6. The number of nitrogens with one attached hydrogen (secondary N) is 1. The van der Waals surface area contributed by atoms with Crippen molar-refractivity contribution in [3.63, 3.8) is 0 Å². The summed E-state index contributed by atoms with van der Waals surface area (Å²) in [7, 11) is 0. The molecule has 1 atom stereocenters. The molecule has 2 aromatic carbocycles. The van der Waals surface area contributed by atoms with E-state index in [9.17, 15) is 13.6 Å². The Balaban J connectivity index is 1.47. The van der Waals surface area contributed by atoms with Gasteiger partial charge in [0.1, 0.15) is 18.2 Å². The minimum atomic E-state index is -0.767. The molecule has 1 unspecified atom stereocenters. The summed E-state index contributed by atoms with van der Waals surface area (Å²) in [5.41, 5.74) is 1.03. The molecule has 2 aromatic rings. The molecule has 3 rings (SSSR count). The van der Waals surface area contributed by atoms with E-state index in [4.69, 9.17) is 9.47 Å². The standard InChI is InChI=1S/C22H27F2N3O3/c1-3-29-21-7-5-4-6-19(21)26-10-12-27(13-11-26)22(28)25-16(2)15-30-20-9-8-17(23)14-18(20)24/h4-9,14,16H,3,10-13,15H2,1-2H3,(H,25,28). The predicted molar refractivity (Wildman–Crippen MR) is 111 cm³/mol. The number of piperazine rings is 1. The van der Waals surface area contributed by atoms with Crippen molar-refractivity contribution in [3.8, 4) is 11.5 Å². The van der Waals surface area contributed by atoms with Crippen LogP contribution in [0.4, 0.5) is 19.3 Å². The minimum Gasteiger partial charge on any atom is -0.492 e. The van der Waals surface area contributed by atoms with Crippen molar-refractivity contribution in [2.75, 3.05) is 44.3 Å². The van der Waals surface area contributed by atoms with Crippen LogP contribution in [0.25, 0.3) is 0 Å². The van der Waals surface area contributed by atoms with Crippen LogP contribution >= 0.6 is 0 Å². The number of ether oxygens (including phenoxy) is 2. The molecule has 0 aromatic heterocycles. The molecule has 2 amide bonds. The molecular weight excluding hydrogens is 392 g/mol. The molecule has 6 nitrogen and oxygen atoms in total. The van der Waals surface area contributed by atoms with Gasteiger partial charge in [0.05, 0.1) is 18.3 Å². The lowest BCUT2D eigenvalue weighted by Crippen LogP contribution is -2.53. The Morgan fingerprint density at radius 3 is 2.50 bits per heavy atom. The molecule has 1 saturated heterocycles. The number of anilines is 1. The van der Waals surface area contributed by atoms with Crippen molar-refractivity contribution >= 4 is 11.7 Å². The van der Waals surface area contributed by atoms with Gasteiger partial charge in [-0.25, -0.2) is 13.6 Å². The van der Waals surface area contributed by atoms with Gasteiger partial charge in [0.25, 0.3) is 0 Å². The van der Waals surface area contributed by atoms with Crippen LogP contribution < -0.4 is 19.7 Å². The van der Waals surface area contributed by atoms with Crippen LogP contribution in [0, 0.1) is 11.6 Å². The SMILES string of the molecule is CCOc1ccccc1N1CCN(C(=O)NC(C)COc2ccc(F)cc2F)CC1. The zero-order valence-corrected chi connectivity index (χ0v) is 17.2. The summed E-state index contributed by atoms with van der Waals surface area (Å²) in [5, 5.41) is 2.86. The van der Waals surface area contributed by atoms with Gasteiger partial charge >= 0.3 is 6.03 Å². The molecule has 8 heteroatoms. The average Bonchev–Trinajstić information content (AvgIpc) is 2.74. The number of carbonyl (C=O) groups excluding carboxylic acids is 1. The first-order valence-corrected chi connectivity index (χ1v) is 10.1. The van der Waals surface area contributed by atoms with Crippen molar-refractivity contribution < 1.29 is 23.0 Å². The van der Waals surface area contributed by atoms with Crippen LogP contribution in [0.15, 0.2) is 42.5 Å². The highest BCUT2D eigenvalue weighted by Crippen LogP contribution is 2.28. The largest absolute Gasteiger partial charge is 0.492 e. The molecular formula is C22H27F2N3O3. The number of rotatable bonds is 7. The Bertz CT molecular complexity index is 857. The maximum Gasteiger partial charge on any atom is 0.317 e.